The summed E-state index contributed by atoms with van der Waals surface area (Å²) in [6, 6.07) is 10.2. The lowest BCUT2D eigenvalue weighted by Gasteiger charge is -2.04. The van der Waals surface area contributed by atoms with E-state index < -0.39 is 4.92 Å². The predicted molar refractivity (Wildman–Crippen MR) is 90.8 cm³/mol. The number of hydrogen-bond acceptors (Lipinski definition) is 4. The second-order valence-corrected chi connectivity index (χ2v) is 5.90. The number of amides is 1. The zero-order chi connectivity index (χ0) is 17.1. The van der Waals surface area contributed by atoms with E-state index in [1.54, 1.807) is 35.2 Å². The van der Waals surface area contributed by atoms with Gasteiger partial charge in [0.2, 0.25) is 0 Å². The minimum absolute atomic E-state index is 0.00959. The van der Waals surface area contributed by atoms with Gasteiger partial charge in [0, 0.05) is 28.6 Å². The molecule has 0 aliphatic heterocycles. The van der Waals surface area contributed by atoms with Gasteiger partial charge in [0.1, 0.15) is 6.67 Å². The summed E-state index contributed by atoms with van der Waals surface area (Å²) in [6.07, 6.45) is 4.63. The van der Waals surface area contributed by atoms with Crippen molar-refractivity contribution in [2.45, 2.75) is 6.67 Å². The summed E-state index contributed by atoms with van der Waals surface area (Å²) in [4.78, 5) is 22.4. The van der Waals surface area contributed by atoms with Crippen LogP contribution in [-0.2, 0) is 6.67 Å². The van der Waals surface area contributed by atoms with Crippen LogP contribution in [0, 0.1) is 10.1 Å². The summed E-state index contributed by atoms with van der Waals surface area (Å²) < 4.78 is 4.06. The number of anilines is 1. The summed E-state index contributed by atoms with van der Waals surface area (Å²) in [5.41, 5.74) is 0.939. The van der Waals surface area contributed by atoms with Crippen LogP contribution in [-0.4, -0.2) is 25.2 Å². The highest BCUT2D eigenvalue weighted by molar-refractivity contribution is 9.10. The van der Waals surface area contributed by atoms with Gasteiger partial charge in [-0.05, 0) is 30.3 Å². The molecule has 0 fully saturated rings. The molecule has 3 rings (SSSR count). The van der Waals surface area contributed by atoms with Crippen LogP contribution in [0.4, 0.5) is 11.4 Å². The van der Waals surface area contributed by atoms with Crippen LogP contribution in [0.3, 0.4) is 0 Å². The lowest BCUT2D eigenvalue weighted by atomic mass is 10.3. The minimum Gasteiger partial charge on any atom is -0.328 e. The van der Waals surface area contributed by atoms with Crippen molar-refractivity contribution >= 4 is 33.2 Å². The number of benzene rings is 1. The quantitative estimate of drug-likeness (QED) is 0.535. The average molecular weight is 390 g/mol. The maximum Gasteiger partial charge on any atom is 0.286 e. The zero-order valence-electron chi connectivity index (χ0n) is 12.3. The van der Waals surface area contributed by atoms with Gasteiger partial charge in [-0.25, -0.2) is 0 Å². The van der Waals surface area contributed by atoms with Crippen molar-refractivity contribution in [1.82, 2.24) is 14.3 Å². The maximum absolute atomic E-state index is 12.2. The zero-order valence-corrected chi connectivity index (χ0v) is 13.9. The van der Waals surface area contributed by atoms with E-state index in [1.807, 2.05) is 12.1 Å². The van der Waals surface area contributed by atoms with Gasteiger partial charge in [-0.15, -0.1) is 0 Å². The molecule has 0 saturated heterocycles. The monoisotopic (exact) mass is 389 g/mol. The molecule has 0 aliphatic carbocycles. The molecule has 2 heterocycles. The second kappa shape index (κ2) is 6.67. The van der Waals surface area contributed by atoms with E-state index in [2.05, 4.69) is 26.3 Å². The smallest absolute Gasteiger partial charge is 0.286 e. The van der Waals surface area contributed by atoms with Gasteiger partial charge >= 0.3 is 0 Å². The normalized spacial score (nSPS) is 10.5. The number of carbonyl (C=O) groups excluding carboxylic acids is 1. The van der Waals surface area contributed by atoms with Crippen LogP contribution in [0.15, 0.2) is 59.5 Å². The van der Waals surface area contributed by atoms with E-state index in [4.69, 9.17) is 0 Å². The first-order valence-electron chi connectivity index (χ1n) is 6.92. The Labute approximate surface area is 145 Å². The molecular formula is C15H12BrN5O3. The molecule has 0 spiro atoms. The molecule has 0 atom stereocenters. The highest BCUT2D eigenvalue weighted by Crippen LogP contribution is 2.15. The van der Waals surface area contributed by atoms with Crippen molar-refractivity contribution < 1.29 is 9.72 Å². The highest BCUT2D eigenvalue weighted by atomic mass is 79.9. The van der Waals surface area contributed by atoms with Crippen LogP contribution >= 0.6 is 15.9 Å². The first kappa shape index (κ1) is 15.9. The Morgan fingerprint density at radius 2 is 1.96 bits per heavy atom. The number of nitrogens with one attached hydrogen (secondary N) is 1. The number of carbonyl (C=O) groups is 1. The Bertz CT molecular complexity index is 885. The molecule has 0 bridgehead atoms. The van der Waals surface area contributed by atoms with E-state index in [0.29, 0.717) is 5.69 Å². The van der Waals surface area contributed by atoms with Gasteiger partial charge in [-0.3, -0.25) is 19.6 Å². The van der Waals surface area contributed by atoms with E-state index in [0.717, 1.165) is 4.47 Å². The molecule has 122 valence electrons. The third-order valence-corrected chi connectivity index (χ3v) is 3.76. The average Bonchev–Trinajstić information content (AvgIpc) is 3.19. The maximum atomic E-state index is 12.2. The topological polar surface area (TPSA) is 95.0 Å². The molecular weight excluding hydrogens is 378 g/mol. The van der Waals surface area contributed by atoms with E-state index in [1.165, 1.54) is 16.9 Å². The second-order valence-electron chi connectivity index (χ2n) is 4.98. The van der Waals surface area contributed by atoms with Crippen LogP contribution in [0.1, 0.15) is 10.5 Å². The third kappa shape index (κ3) is 3.69. The van der Waals surface area contributed by atoms with Crippen molar-refractivity contribution in [2.75, 3.05) is 5.32 Å². The lowest BCUT2D eigenvalue weighted by Crippen LogP contribution is -2.14. The predicted octanol–water partition coefficient (Wildman–Crippen LogP) is 3.11. The fourth-order valence-corrected chi connectivity index (χ4v) is 2.35. The summed E-state index contributed by atoms with van der Waals surface area (Å²) >= 11 is 3.33. The molecule has 2 aromatic heterocycles. The fraction of sp³-hybridized carbons (Fsp3) is 0.0667. The van der Waals surface area contributed by atoms with Crippen LogP contribution in [0.2, 0.25) is 0 Å². The molecule has 9 heteroatoms. The molecule has 1 aromatic carbocycles. The Hall–Kier alpha value is -2.94. The molecule has 8 nitrogen and oxygen atoms in total. The van der Waals surface area contributed by atoms with Gasteiger partial charge in [0.25, 0.3) is 11.6 Å². The third-order valence-electron chi connectivity index (χ3n) is 3.23. The summed E-state index contributed by atoms with van der Waals surface area (Å²) in [6.45, 7) is 0.277. The van der Waals surface area contributed by atoms with Crippen molar-refractivity contribution in [3.05, 3.63) is 75.3 Å². The largest absolute Gasteiger partial charge is 0.328 e. The number of rotatable bonds is 5. The Morgan fingerprint density at radius 3 is 2.62 bits per heavy atom. The van der Waals surface area contributed by atoms with E-state index >= 15 is 0 Å². The molecule has 0 saturated carbocycles. The van der Waals surface area contributed by atoms with Gasteiger partial charge < -0.3 is 9.88 Å². The molecule has 0 unspecified atom stereocenters. The Balaban J connectivity index is 1.66. The number of nitrogens with zero attached hydrogens (tertiary/aromatic N) is 4. The fourth-order valence-electron chi connectivity index (χ4n) is 2.08. The lowest BCUT2D eigenvalue weighted by molar-refractivity contribution is -0.384. The SMILES string of the molecule is O=C(Nc1ccc(Br)cc1)c1ccn(Cn2ccc([N+](=O)[O-])c2)n1. The van der Waals surface area contributed by atoms with E-state index in [9.17, 15) is 14.9 Å². The molecule has 1 N–H and O–H groups in total. The van der Waals surface area contributed by atoms with Crippen LogP contribution < -0.4 is 5.32 Å². The molecule has 0 radical (unpaired) electrons. The Morgan fingerprint density at radius 1 is 1.21 bits per heavy atom. The molecule has 1 amide bonds. The van der Waals surface area contributed by atoms with Crippen molar-refractivity contribution in [2.24, 2.45) is 0 Å². The van der Waals surface area contributed by atoms with Crippen LogP contribution in [0.25, 0.3) is 0 Å². The molecule has 24 heavy (non-hydrogen) atoms. The Kier molecular flexibility index (Phi) is 4.43. The van der Waals surface area contributed by atoms with Crippen molar-refractivity contribution in [3.63, 3.8) is 0 Å². The van der Waals surface area contributed by atoms with Crippen molar-refractivity contribution in [1.29, 1.82) is 0 Å². The van der Waals surface area contributed by atoms with Crippen molar-refractivity contribution in [3.8, 4) is 0 Å². The highest BCUT2D eigenvalue weighted by Gasteiger charge is 2.11. The number of nitro groups is 1. The van der Waals surface area contributed by atoms with Crippen LogP contribution in [0.5, 0.6) is 0 Å². The summed E-state index contributed by atoms with van der Waals surface area (Å²) in [5, 5.41) is 17.6. The number of hydrogen-bond donors (Lipinski definition) is 1. The molecule has 0 aliphatic rings. The summed E-state index contributed by atoms with van der Waals surface area (Å²) in [7, 11) is 0. The number of aromatic nitrogens is 3. The first-order chi connectivity index (χ1) is 11.5. The van der Waals surface area contributed by atoms with Gasteiger partial charge in [-0.2, -0.15) is 5.10 Å². The number of halogens is 1. The summed E-state index contributed by atoms with van der Waals surface area (Å²) in [5.74, 6) is -0.324. The first-order valence-corrected chi connectivity index (χ1v) is 7.71. The standard InChI is InChI=1S/C15H12BrN5O3/c16-11-1-3-12(4-2-11)17-15(22)14-6-8-20(18-14)10-19-7-5-13(9-19)21(23)24/h1-9H,10H2,(H,17,22). The van der Waals surface area contributed by atoms with Gasteiger partial charge in [-0.1, -0.05) is 15.9 Å². The molecule has 3 aromatic rings. The van der Waals surface area contributed by atoms with Gasteiger partial charge in [0.15, 0.2) is 5.69 Å². The van der Waals surface area contributed by atoms with Gasteiger partial charge in [0.05, 0.1) is 11.1 Å². The van der Waals surface area contributed by atoms with E-state index in [-0.39, 0.29) is 24.0 Å². The minimum atomic E-state index is -0.462.